The number of aryl methyl sites for hydroxylation is 1. The summed E-state index contributed by atoms with van der Waals surface area (Å²) in [5.74, 6) is -0.0445. The molecule has 0 saturated carbocycles. The van der Waals surface area contributed by atoms with Crippen LogP contribution in [0.4, 0.5) is 0 Å². The number of carboxylic acids is 1. The number of aromatic nitrogens is 3. The van der Waals surface area contributed by atoms with Gasteiger partial charge in [0, 0.05) is 24.8 Å². The van der Waals surface area contributed by atoms with E-state index >= 15 is 0 Å². The Hall–Kier alpha value is -1.69. The first kappa shape index (κ1) is 13.7. The summed E-state index contributed by atoms with van der Waals surface area (Å²) >= 11 is 1.44. The maximum Gasteiger partial charge on any atom is 0.315 e. The highest BCUT2D eigenvalue weighted by Gasteiger charge is 2.39. The standard InChI is InChI=1S/C13H17N3O2S/c1-4-13(5-2,12(17)18)9-8-19-11(15-9)10-14-6-7-16(10)3/h6-8H,4-5H2,1-3H3,(H,17,18). The summed E-state index contributed by atoms with van der Waals surface area (Å²) < 4.78 is 1.88. The summed E-state index contributed by atoms with van der Waals surface area (Å²) in [7, 11) is 1.90. The van der Waals surface area contributed by atoms with Gasteiger partial charge in [-0.1, -0.05) is 13.8 Å². The van der Waals surface area contributed by atoms with E-state index in [1.54, 1.807) is 6.20 Å². The van der Waals surface area contributed by atoms with E-state index in [-0.39, 0.29) is 0 Å². The molecular weight excluding hydrogens is 262 g/mol. The summed E-state index contributed by atoms with van der Waals surface area (Å²) in [6.07, 6.45) is 4.62. The maximum absolute atomic E-state index is 11.6. The largest absolute Gasteiger partial charge is 0.481 e. The summed E-state index contributed by atoms with van der Waals surface area (Å²) in [6, 6.07) is 0. The molecule has 0 spiro atoms. The molecule has 0 atom stereocenters. The Balaban J connectivity index is 2.45. The van der Waals surface area contributed by atoms with E-state index in [9.17, 15) is 9.90 Å². The zero-order valence-corrected chi connectivity index (χ0v) is 12.1. The number of carbonyl (C=O) groups is 1. The van der Waals surface area contributed by atoms with E-state index in [4.69, 9.17) is 0 Å². The van der Waals surface area contributed by atoms with Crippen molar-refractivity contribution in [3.63, 3.8) is 0 Å². The van der Waals surface area contributed by atoms with Crippen LogP contribution in [0.15, 0.2) is 17.8 Å². The highest BCUT2D eigenvalue weighted by atomic mass is 32.1. The monoisotopic (exact) mass is 279 g/mol. The first-order valence-electron chi connectivity index (χ1n) is 6.22. The number of hydrogen-bond donors (Lipinski definition) is 1. The van der Waals surface area contributed by atoms with Crippen LogP contribution in [-0.4, -0.2) is 25.6 Å². The van der Waals surface area contributed by atoms with Crippen molar-refractivity contribution in [1.29, 1.82) is 0 Å². The molecule has 19 heavy (non-hydrogen) atoms. The Morgan fingerprint density at radius 3 is 2.63 bits per heavy atom. The fourth-order valence-electron chi connectivity index (χ4n) is 2.19. The van der Waals surface area contributed by atoms with Gasteiger partial charge >= 0.3 is 5.97 Å². The number of nitrogens with zero attached hydrogens (tertiary/aromatic N) is 3. The van der Waals surface area contributed by atoms with Crippen LogP contribution in [0, 0.1) is 0 Å². The molecule has 6 heteroatoms. The SMILES string of the molecule is CCC(CC)(C(=O)O)c1csc(-c2nccn2C)n1. The van der Waals surface area contributed by atoms with Crippen LogP contribution in [0.2, 0.25) is 0 Å². The van der Waals surface area contributed by atoms with Gasteiger partial charge in [0.15, 0.2) is 10.8 Å². The molecule has 2 heterocycles. The molecule has 0 saturated heterocycles. The molecule has 0 radical (unpaired) electrons. The minimum absolute atomic E-state index is 0.530. The van der Waals surface area contributed by atoms with Gasteiger partial charge in [0.05, 0.1) is 5.69 Å². The molecule has 1 N–H and O–H groups in total. The van der Waals surface area contributed by atoms with Crippen molar-refractivity contribution in [2.45, 2.75) is 32.1 Å². The zero-order chi connectivity index (χ0) is 14.0. The average Bonchev–Trinajstić information content (AvgIpc) is 3.00. The molecule has 0 fully saturated rings. The van der Waals surface area contributed by atoms with E-state index < -0.39 is 11.4 Å². The van der Waals surface area contributed by atoms with Gasteiger partial charge in [0.2, 0.25) is 0 Å². The Morgan fingerprint density at radius 1 is 1.47 bits per heavy atom. The Kier molecular flexibility index (Phi) is 3.71. The van der Waals surface area contributed by atoms with Gasteiger partial charge in [0.25, 0.3) is 0 Å². The number of thiazole rings is 1. The van der Waals surface area contributed by atoms with Crippen molar-refractivity contribution in [3.05, 3.63) is 23.5 Å². The van der Waals surface area contributed by atoms with E-state index in [2.05, 4.69) is 9.97 Å². The molecule has 2 rings (SSSR count). The van der Waals surface area contributed by atoms with E-state index in [0.29, 0.717) is 18.5 Å². The number of rotatable bonds is 5. The molecule has 0 bridgehead atoms. The lowest BCUT2D eigenvalue weighted by Gasteiger charge is -2.24. The topological polar surface area (TPSA) is 68.0 Å². The van der Waals surface area contributed by atoms with Crippen LogP contribution in [0.1, 0.15) is 32.4 Å². The van der Waals surface area contributed by atoms with Gasteiger partial charge in [-0.05, 0) is 12.8 Å². The first-order chi connectivity index (χ1) is 9.05. The number of imidazole rings is 1. The van der Waals surface area contributed by atoms with E-state index in [1.165, 1.54) is 11.3 Å². The van der Waals surface area contributed by atoms with E-state index in [0.717, 1.165) is 10.8 Å². The van der Waals surface area contributed by atoms with Crippen LogP contribution in [0.5, 0.6) is 0 Å². The van der Waals surface area contributed by atoms with Crippen LogP contribution in [0.3, 0.4) is 0 Å². The van der Waals surface area contributed by atoms with Gasteiger partial charge in [-0.15, -0.1) is 11.3 Å². The predicted octanol–water partition coefficient (Wildman–Crippen LogP) is 2.69. The molecule has 0 amide bonds. The first-order valence-corrected chi connectivity index (χ1v) is 7.10. The summed E-state index contributed by atoms with van der Waals surface area (Å²) in [4.78, 5) is 20.3. The quantitative estimate of drug-likeness (QED) is 0.913. The van der Waals surface area contributed by atoms with Crippen LogP contribution in [-0.2, 0) is 17.3 Å². The van der Waals surface area contributed by atoms with Gasteiger partial charge in [0.1, 0.15) is 5.41 Å². The molecular formula is C13H17N3O2S. The maximum atomic E-state index is 11.6. The molecule has 2 aromatic rings. The molecule has 2 aromatic heterocycles. The van der Waals surface area contributed by atoms with Gasteiger partial charge in [-0.2, -0.15) is 0 Å². The third kappa shape index (κ3) is 2.16. The summed E-state index contributed by atoms with van der Waals surface area (Å²) in [5, 5.41) is 12.1. The van der Waals surface area contributed by atoms with Crippen molar-refractivity contribution < 1.29 is 9.90 Å². The second kappa shape index (κ2) is 5.13. The third-order valence-corrected chi connectivity index (χ3v) is 4.46. The smallest absolute Gasteiger partial charge is 0.315 e. The van der Waals surface area contributed by atoms with Crippen molar-refractivity contribution in [2.24, 2.45) is 7.05 Å². The molecule has 0 aliphatic rings. The lowest BCUT2D eigenvalue weighted by molar-refractivity contribution is -0.144. The summed E-state index contributed by atoms with van der Waals surface area (Å²) in [5.41, 5.74) is -0.257. The fourth-order valence-corrected chi connectivity index (χ4v) is 3.15. The third-order valence-electron chi connectivity index (χ3n) is 3.62. The molecule has 0 aromatic carbocycles. The normalized spacial score (nSPS) is 11.7. The van der Waals surface area contributed by atoms with Gasteiger partial charge < -0.3 is 9.67 Å². The lowest BCUT2D eigenvalue weighted by atomic mass is 9.80. The molecule has 5 nitrogen and oxygen atoms in total. The van der Waals surface area contributed by atoms with Crippen molar-refractivity contribution >= 4 is 17.3 Å². The second-order valence-corrected chi connectivity index (χ2v) is 5.35. The Labute approximate surface area is 115 Å². The van der Waals surface area contributed by atoms with E-state index in [1.807, 2.05) is 37.0 Å². The molecule has 0 unspecified atom stereocenters. The highest BCUT2D eigenvalue weighted by Crippen LogP contribution is 2.34. The lowest BCUT2D eigenvalue weighted by Crippen LogP contribution is -2.34. The Morgan fingerprint density at radius 2 is 2.16 bits per heavy atom. The van der Waals surface area contributed by atoms with Gasteiger partial charge in [-0.3, -0.25) is 4.79 Å². The minimum Gasteiger partial charge on any atom is -0.481 e. The van der Waals surface area contributed by atoms with Crippen molar-refractivity contribution in [1.82, 2.24) is 14.5 Å². The molecule has 102 valence electrons. The van der Waals surface area contributed by atoms with Gasteiger partial charge in [-0.25, -0.2) is 9.97 Å². The second-order valence-electron chi connectivity index (χ2n) is 4.49. The van der Waals surface area contributed by atoms with Crippen molar-refractivity contribution in [3.8, 4) is 10.8 Å². The van der Waals surface area contributed by atoms with Crippen LogP contribution >= 0.6 is 11.3 Å². The number of aliphatic carboxylic acids is 1. The van der Waals surface area contributed by atoms with Crippen LogP contribution < -0.4 is 0 Å². The zero-order valence-electron chi connectivity index (χ0n) is 11.3. The molecule has 0 aliphatic heterocycles. The predicted molar refractivity (Wildman–Crippen MR) is 74.2 cm³/mol. The Bertz CT molecular complexity index is 584. The highest BCUT2D eigenvalue weighted by molar-refractivity contribution is 7.13. The minimum atomic E-state index is -0.889. The fraction of sp³-hybridized carbons (Fsp3) is 0.462. The van der Waals surface area contributed by atoms with Crippen LogP contribution in [0.25, 0.3) is 10.8 Å². The summed E-state index contributed by atoms with van der Waals surface area (Å²) in [6.45, 7) is 3.77. The van der Waals surface area contributed by atoms with Crippen molar-refractivity contribution in [2.75, 3.05) is 0 Å². The number of carboxylic acid groups (broad SMARTS) is 1. The average molecular weight is 279 g/mol. The number of hydrogen-bond acceptors (Lipinski definition) is 4. The molecule has 0 aliphatic carbocycles.